The van der Waals surface area contributed by atoms with Crippen molar-refractivity contribution >= 4 is 29.6 Å². The number of benzene rings is 1. The highest BCUT2D eigenvalue weighted by Gasteiger charge is 2.34. The van der Waals surface area contributed by atoms with Gasteiger partial charge in [0.15, 0.2) is 0 Å². The van der Waals surface area contributed by atoms with Crippen LogP contribution in [0.15, 0.2) is 30.3 Å². The fraction of sp³-hybridized carbons (Fsp3) is 0.542. The van der Waals surface area contributed by atoms with Crippen LogP contribution in [0, 0.1) is 5.92 Å². The third kappa shape index (κ3) is 10.0. The third-order valence-electron chi connectivity index (χ3n) is 5.79. The van der Waals surface area contributed by atoms with Crippen molar-refractivity contribution in [1.82, 2.24) is 16.0 Å². The number of aliphatic hydroxyl groups is 1. The Hall–Kier alpha value is -3.51. The van der Waals surface area contributed by atoms with Crippen LogP contribution in [-0.4, -0.2) is 70.1 Å². The molecule has 0 radical (unpaired) electrons. The van der Waals surface area contributed by atoms with Crippen molar-refractivity contribution < 1.29 is 34.2 Å². The quantitative estimate of drug-likeness (QED) is 0.152. The third-order valence-corrected chi connectivity index (χ3v) is 5.79. The van der Waals surface area contributed by atoms with Gasteiger partial charge in [0.2, 0.25) is 23.6 Å². The molecule has 0 spiro atoms. The number of hydrogen-bond donors (Lipinski definition) is 7. The number of primary amides is 1. The highest BCUT2D eigenvalue weighted by atomic mass is 16.4. The van der Waals surface area contributed by atoms with Gasteiger partial charge in [-0.3, -0.25) is 19.2 Å². The van der Waals surface area contributed by atoms with Gasteiger partial charge in [0.1, 0.15) is 18.1 Å². The number of carboxylic acids is 1. The molecular formula is C24H37N5O7. The molecule has 1 rings (SSSR count). The van der Waals surface area contributed by atoms with Gasteiger partial charge in [-0.1, -0.05) is 50.6 Å². The molecule has 0 aliphatic rings. The predicted octanol–water partition coefficient (Wildman–Crippen LogP) is -1.21. The van der Waals surface area contributed by atoms with Gasteiger partial charge in [0.25, 0.3) is 0 Å². The summed E-state index contributed by atoms with van der Waals surface area (Å²) >= 11 is 0. The molecule has 0 aromatic heterocycles. The molecular weight excluding hydrogens is 470 g/mol. The summed E-state index contributed by atoms with van der Waals surface area (Å²) in [5.74, 6) is -4.77. The smallest absolute Gasteiger partial charge is 0.326 e. The lowest BCUT2D eigenvalue weighted by Gasteiger charge is -2.29. The van der Waals surface area contributed by atoms with Crippen LogP contribution in [0.4, 0.5) is 0 Å². The van der Waals surface area contributed by atoms with Crippen LogP contribution in [0.5, 0.6) is 0 Å². The molecule has 1 aromatic rings. The Kier molecular flexibility index (Phi) is 12.5. The van der Waals surface area contributed by atoms with E-state index in [4.69, 9.17) is 11.5 Å². The molecule has 0 bridgehead atoms. The highest BCUT2D eigenvalue weighted by molar-refractivity contribution is 5.94. The zero-order valence-electron chi connectivity index (χ0n) is 20.8. The zero-order valence-corrected chi connectivity index (χ0v) is 20.8. The van der Waals surface area contributed by atoms with Gasteiger partial charge in [0.05, 0.1) is 12.1 Å². The van der Waals surface area contributed by atoms with Gasteiger partial charge in [-0.15, -0.1) is 0 Å². The number of carbonyl (C=O) groups excluding carboxylic acids is 4. The monoisotopic (exact) mass is 507 g/mol. The van der Waals surface area contributed by atoms with Gasteiger partial charge in [-0.25, -0.2) is 4.79 Å². The van der Waals surface area contributed by atoms with Gasteiger partial charge >= 0.3 is 5.97 Å². The Balaban J connectivity index is 2.94. The summed E-state index contributed by atoms with van der Waals surface area (Å²) in [6.07, 6.45) is -1.18. The van der Waals surface area contributed by atoms with Crippen molar-refractivity contribution in [3.8, 4) is 0 Å². The minimum absolute atomic E-state index is 0.252. The van der Waals surface area contributed by atoms with E-state index in [0.29, 0.717) is 6.42 Å². The molecule has 4 amide bonds. The summed E-state index contributed by atoms with van der Waals surface area (Å²) in [5, 5.41) is 26.6. The number of carboxylic acid groups (broad SMARTS) is 1. The van der Waals surface area contributed by atoms with Gasteiger partial charge < -0.3 is 37.6 Å². The van der Waals surface area contributed by atoms with E-state index >= 15 is 0 Å². The van der Waals surface area contributed by atoms with E-state index in [1.54, 1.807) is 6.92 Å². The SMILES string of the molecule is CCC(C)C(NC(=O)C(N)Cc1ccccc1)C(=O)NC(C(=O)NC(CCC(N)=O)C(=O)O)C(C)O. The number of nitrogens with two attached hydrogens (primary N) is 2. The Morgan fingerprint density at radius 2 is 1.47 bits per heavy atom. The van der Waals surface area contributed by atoms with Crippen molar-refractivity contribution in [1.29, 1.82) is 0 Å². The number of rotatable bonds is 15. The Morgan fingerprint density at radius 1 is 0.917 bits per heavy atom. The first kappa shape index (κ1) is 30.5. The summed E-state index contributed by atoms with van der Waals surface area (Å²) in [4.78, 5) is 60.9. The fourth-order valence-corrected chi connectivity index (χ4v) is 3.38. The van der Waals surface area contributed by atoms with E-state index in [1.807, 2.05) is 37.3 Å². The van der Waals surface area contributed by atoms with E-state index in [0.717, 1.165) is 5.56 Å². The fourth-order valence-electron chi connectivity index (χ4n) is 3.38. The van der Waals surface area contributed by atoms with Crippen LogP contribution >= 0.6 is 0 Å². The molecule has 6 atom stereocenters. The lowest BCUT2D eigenvalue weighted by Crippen LogP contribution is -2.61. The lowest BCUT2D eigenvalue weighted by atomic mass is 9.96. The first-order chi connectivity index (χ1) is 16.9. The number of hydrogen-bond acceptors (Lipinski definition) is 7. The van der Waals surface area contributed by atoms with Crippen LogP contribution in [0.3, 0.4) is 0 Å². The lowest BCUT2D eigenvalue weighted by molar-refractivity contribution is -0.143. The van der Waals surface area contributed by atoms with Crippen molar-refractivity contribution in [3.05, 3.63) is 35.9 Å². The summed E-state index contributed by atoms with van der Waals surface area (Å²) in [7, 11) is 0. The Morgan fingerprint density at radius 3 is 1.97 bits per heavy atom. The average molecular weight is 508 g/mol. The van der Waals surface area contributed by atoms with Crippen LogP contribution in [0.2, 0.25) is 0 Å². The minimum atomic E-state index is -1.52. The second-order valence-electron chi connectivity index (χ2n) is 8.80. The second-order valence-corrected chi connectivity index (χ2v) is 8.80. The van der Waals surface area contributed by atoms with Gasteiger partial charge in [-0.05, 0) is 31.2 Å². The van der Waals surface area contributed by atoms with Crippen molar-refractivity contribution in [3.63, 3.8) is 0 Å². The maximum atomic E-state index is 13.1. The average Bonchev–Trinajstić information content (AvgIpc) is 2.82. The van der Waals surface area contributed by atoms with E-state index in [1.165, 1.54) is 6.92 Å². The van der Waals surface area contributed by atoms with Crippen LogP contribution in [0.1, 0.15) is 45.6 Å². The summed E-state index contributed by atoms with van der Waals surface area (Å²) in [5.41, 5.74) is 11.9. The summed E-state index contributed by atoms with van der Waals surface area (Å²) in [6, 6.07) is 4.16. The van der Waals surface area contributed by atoms with Crippen molar-refractivity contribution in [2.24, 2.45) is 17.4 Å². The molecule has 0 heterocycles. The molecule has 12 heteroatoms. The predicted molar refractivity (Wildman–Crippen MR) is 131 cm³/mol. The van der Waals surface area contributed by atoms with Crippen molar-refractivity contribution in [2.75, 3.05) is 0 Å². The molecule has 0 saturated heterocycles. The second kappa shape index (κ2) is 14.8. The Labute approximate surface area is 210 Å². The molecule has 0 saturated carbocycles. The van der Waals surface area contributed by atoms with E-state index in [2.05, 4.69) is 16.0 Å². The molecule has 1 aromatic carbocycles. The first-order valence-corrected chi connectivity index (χ1v) is 11.8. The topological polar surface area (TPSA) is 214 Å². The summed E-state index contributed by atoms with van der Waals surface area (Å²) in [6.45, 7) is 4.79. The first-order valence-electron chi connectivity index (χ1n) is 11.8. The van der Waals surface area contributed by atoms with Crippen LogP contribution in [-0.2, 0) is 30.4 Å². The maximum absolute atomic E-state index is 13.1. The standard InChI is InChI=1S/C24H37N5O7/c1-4-13(2)19(28-21(32)16(25)12-15-8-6-5-7-9-15)22(33)29-20(14(3)30)23(34)27-17(24(35)36)10-11-18(26)31/h5-9,13-14,16-17,19-20,30H,4,10-12,25H2,1-3H3,(H2,26,31)(H,27,34)(H,28,32)(H,29,33)(H,35,36). The van der Waals surface area contributed by atoms with Gasteiger partial charge in [0, 0.05) is 6.42 Å². The Bertz CT molecular complexity index is 909. The van der Waals surface area contributed by atoms with Crippen molar-refractivity contribution in [2.45, 2.75) is 76.7 Å². The van der Waals surface area contributed by atoms with E-state index < -0.39 is 59.9 Å². The molecule has 200 valence electrons. The number of carbonyl (C=O) groups is 5. The molecule has 0 aliphatic carbocycles. The highest BCUT2D eigenvalue weighted by Crippen LogP contribution is 2.11. The number of nitrogens with one attached hydrogen (secondary N) is 3. The molecule has 12 nitrogen and oxygen atoms in total. The minimum Gasteiger partial charge on any atom is -0.480 e. The van der Waals surface area contributed by atoms with Gasteiger partial charge in [-0.2, -0.15) is 0 Å². The zero-order chi connectivity index (χ0) is 27.4. The molecule has 6 unspecified atom stereocenters. The molecule has 0 fully saturated rings. The molecule has 0 aliphatic heterocycles. The normalized spacial score (nSPS) is 15.9. The number of aliphatic hydroxyl groups excluding tert-OH is 1. The van der Waals surface area contributed by atoms with E-state index in [9.17, 15) is 34.2 Å². The summed E-state index contributed by atoms with van der Waals surface area (Å²) < 4.78 is 0. The van der Waals surface area contributed by atoms with E-state index in [-0.39, 0.29) is 25.2 Å². The molecule has 36 heavy (non-hydrogen) atoms. The largest absolute Gasteiger partial charge is 0.480 e. The molecule has 9 N–H and O–H groups in total. The number of aliphatic carboxylic acids is 1. The maximum Gasteiger partial charge on any atom is 0.326 e. The van der Waals surface area contributed by atoms with Crippen LogP contribution < -0.4 is 27.4 Å². The van der Waals surface area contributed by atoms with Crippen LogP contribution in [0.25, 0.3) is 0 Å². The number of amides is 4.